The molecule has 0 radical (unpaired) electrons. The van der Waals surface area contributed by atoms with Gasteiger partial charge >= 0.3 is 0 Å². The van der Waals surface area contributed by atoms with Gasteiger partial charge in [0.2, 0.25) is 11.8 Å². The lowest BCUT2D eigenvalue weighted by molar-refractivity contribution is -0.908. The van der Waals surface area contributed by atoms with Gasteiger partial charge in [0, 0.05) is 0 Å². The van der Waals surface area contributed by atoms with Crippen molar-refractivity contribution in [2.75, 3.05) is 44.4 Å². The molecule has 6 heteroatoms. The first-order valence-corrected chi connectivity index (χ1v) is 9.99. The van der Waals surface area contributed by atoms with E-state index in [1.54, 1.807) is 0 Å². The van der Waals surface area contributed by atoms with Crippen molar-refractivity contribution in [2.45, 2.75) is 19.8 Å². The van der Waals surface area contributed by atoms with Gasteiger partial charge in [-0.1, -0.05) is 24.3 Å². The van der Waals surface area contributed by atoms with E-state index in [2.05, 4.69) is 11.0 Å². The highest BCUT2D eigenvalue weighted by atomic mass is 16.5. The number of fused-ring (bicyclic) bond motifs is 1. The molecule has 2 saturated heterocycles. The van der Waals surface area contributed by atoms with Crippen molar-refractivity contribution >= 4 is 17.5 Å². The molecule has 6 nitrogen and oxygen atoms in total. The maximum Gasteiger partial charge on any atom is 0.237 e. The zero-order valence-electron chi connectivity index (χ0n) is 15.9. The summed E-state index contributed by atoms with van der Waals surface area (Å²) in [7, 11) is 0. The van der Waals surface area contributed by atoms with Crippen molar-refractivity contribution < 1.29 is 19.2 Å². The predicted octanol–water partition coefficient (Wildman–Crippen LogP) is 0.699. The minimum Gasteiger partial charge on any atom is -0.492 e. The van der Waals surface area contributed by atoms with Gasteiger partial charge in [0.15, 0.2) is 6.67 Å². The van der Waals surface area contributed by atoms with E-state index in [0.717, 1.165) is 37.6 Å². The quantitative estimate of drug-likeness (QED) is 0.612. The number of hydrogen-bond donors (Lipinski definition) is 1. The van der Waals surface area contributed by atoms with Crippen LogP contribution in [0.1, 0.15) is 19.8 Å². The van der Waals surface area contributed by atoms with Crippen LogP contribution in [0.2, 0.25) is 0 Å². The van der Waals surface area contributed by atoms with E-state index in [0.29, 0.717) is 26.1 Å². The second-order valence-electron chi connectivity index (χ2n) is 7.56. The maximum absolute atomic E-state index is 12.7. The molecule has 1 aromatic carbocycles. The number of benzene rings is 1. The molecule has 144 valence electrons. The Balaban J connectivity index is 1.36. The number of anilines is 1. The molecule has 3 aliphatic rings. The highest BCUT2D eigenvalue weighted by Crippen LogP contribution is 2.34. The Labute approximate surface area is 160 Å². The number of allylic oxidation sites excluding steroid dienone is 2. The number of likely N-dealkylation sites (tertiary alicyclic amines) is 1. The van der Waals surface area contributed by atoms with Crippen molar-refractivity contribution in [3.63, 3.8) is 0 Å². The third kappa shape index (κ3) is 3.46. The molecule has 0 saturated carbocycles. The third-order valence-electron chi connectivity index (χ3n) is 5.96. The van der Waals surface area contributed by atoms with Gasteiger partial charge in [-0.3, -0.25) is 9.59 Å². The summed E-state index contributed by atoms with van der Waals surface area (Å²) in [4.78, 5) is 30.5. The summed E-state index contributed by atoms with van der Waals surface area (Å²) < 4.78 is 5.76. The molecule has 2 aliphatic heterocycles. The number of nitrogens with zero attached hydrogens (tertiary/aromatic N) is 2. The van der Waals surface area contributed by atoms with E-state index >= 15 is 0 Å². The number of ether oxygens (including phenoxy) is 1. The molecule has 2 heterocycles. The second kappa shape index (κ2) is 7.72. The SMILES string of the molecule is CCOc1ccccc1N1CC[NH+](CN2C(=O)[C@@H]3CC=CC[C@H]3C2=O)CC1. The van der Waals surface area contributed by atoms with Crippen molar-refractivity contribution in [3.05, 3.63) is 36.4 Å². The summed E-state index contributed by atoms with van der Waals surface area (Å²) in [6.45, 7) is 6.75. The smallest absolute Gasteiger partial charge is 0.237 e. The number of carbonyl (C=O) groups is 2. The minimum absolute atomic E-state index is 0.0333. The third-order valence-corrected chi connectivity index (χ3v) is 5.96. The Kier molecular flexibility index (Phi) is 5.16. The highest BCUT2D eigenvalue weighted by molar-refractivity contribution is 6.05. The number of hydrogen-bond acceptors (Lipinski definition) is 4. The van der Waals surface area contributed by atoms with Crippen LogP contribution in [0.5, 0.6) is 5.75 Å². The molecule has 1 aliphatic carbocycles. The highest BCUT2D eigenvalue weighted by Gasteiger charge is 2.48. The lowest BCUT2D eigenvalue weighted by atomic mass is 9.85. The molecule has 2 amide bonds. The molecule has 4 rings (SSSR count). The summed E-state index contributed by atoms with van der Waals surface area (Å²) in [5.41, 5.74) is 1.13. The Morgan fingerprint density at radius 1 is 1.04 bits per heavy atom. The Bertz CT molecular complexity index is 714. The van der Waals surface area contributed by atoms with Gasteiger partial charge in [0.25, 0.3) is 0 Å². The number of piperazine rings is 1. The topological polar surface area (TPSA) is 54.3 Å². The fourth-order valence-corrected chi connectivity index (χ4v) is 4.47. The molecule has 0 spiro atoms. The Morgan fingerprint density at radius 2 is 1.67 bits per heavy atom. The molecule has 2 atom stereocenters. The van der Waals surface area contributed by atoms with Crippen molar-refractivity contribution in [3.8, 4) is 5.75 Å². The summed E-state index contributed by atoms with van der Waals surface area (Å²) in [6.07, 6.45) is 5.50. The van der Waals surface area contributed by atoms with E-state index in [-0.39, 0.29) is 23.7 Å². The molecule has 0 bridgehead atoms. The van der Waals surface area contributed by atoms with Crippen molar-refractivity contribution in [2.24, 2.45) is 11.8 Å². The van der Waals surface area contributed by atoms with Crippen LogP contribution in [-0.4, -0.2) is 56.2 Å². The van der Waals surface area contributed by atoms with Crippen molar-refractivity contribution in [1.82, 2.24) is 4.90 Å². The number of imide groups is 1. The summed E-state index contributed by atoms with van der Waals surface area (Å²) in [5.74, 6) is 0.740. The van der Waals surface area contributed by atoms with Crippen LogP contribution >= 0.6 is 0 Å². The Hall–Kier alpha value is -2.34. The zero-order valence-corrected chi connectivity index (χ0v) is 15.9. The summed E-state index contributed by atoms with van der Waals surface area (Å²) in [6, 6.07) is 8.14. The molecular weight excluding hydrogens is 342 g/mol. The normalized spacial score (nSPS) is 25.8. The Morgan fingerprint density at radius 3 is 2.30 bits per heavy atom. The average Bonchev–Trinajstić information content (AvgIpc) is 2.95. The van der Waals surface area contributed by atoms with E-state index in [1.165, 1.54) is 9.80 Å². The predicted molar refractivity (Wildman–Crippen MR) is 103 cm³/mol. The van der Waals surface area contributed by atoms with Gasteiger partial charge in [0.05, 0.1) is 50.3 Å². The van der Waals surface area contributed by atoms with E-state index < -0.39 is 0 Å². The van der Waals surface area contributed by atoms with Gasteiger partial charge in [-0.05, 0) is 31.9 Å². The maximum atomic E-state index is 12.7. The largest absolute Gasteiger partial charge is 0.492 e. The van der Waals surface area contributed by atoms with E-state index in [4.69, 9.17) is 4.74 Å². The van der Waals surface area contributed by atoms with Gasteiger partial charge < -0.3 is 14.5 Å². The molecule has 0 aromatic heterocycles. The number of para-hydroxylation sites is 2. The molecule has 0 unspecified atom stereocenters. The van der Waals surface area contributed by atoms with Crippen LogP contribution in [0.15, 0.2) is 36.4 Å². The number of rotatable bonds is 5. The van der Waals surface area contributed by atoms with Gasteiger partial charge in [-0.2, -0.15) is 0 Å². The number of amides is 2. The second-order valence-corrected chi connectivity index (χ2v) is 7.56. The zero-order chi connectivity index (χ0) is 18.8. The number of carbonyl (C=O) groups excluding carboxylic acids is 2. The van der Waals surface area contributed by atoms with Crippen LogP contribution in [0, 0.1) is 11.8 Å². The van der Waals surface area contributed by atoms with Crippen LogP contribution < -0.4 is 14.5 Å². The fourth-order valence-electron chi connectivity index (χ4n) is 4.47. The molecule has 2 fully saturated rings. The average molecular weight is 370 g/mol. The van der Waals surface area contributed by atoms with Crippen molar-refractivity contribution in [1.29, 1.82) is 0 Å². The first kappa shape index (κ1) is 18.0. The monoisotopic (exact) mass is 370 g/mol. The summed E-state index contributed by atoms with van der Waals surface area (Å²) in [5, 5.41) is 0. The van der Waals surface area contributed by atoms with E-state index in [9.17, 15) is 9.59 Å². The van der Waals surface area contributed by atoms with Gasteiger partial charge in [-0.25, -0.2) is 4.90 Å². The fraction of sp³-hybridized carbons (Fsp3) is 0.524. The molecule has 1 N–H and O–H groups in total. The standard InChI is InChI=1S/C21H27N3O3/c1-2-27-19-10-6-5-9-18(19)23-13-11-22(12-14-23)15-24-20(25)16-7-3-4-8-17(16)21(24)26/h3-6,9-10,16-17H,2,7-8,11-15H2,1H3/p+1/t16-,17-/m1/s1. The van der Waals surface area contributed by atoms with Crippen LogP contribution in [-0.2, 0) is 9.59 Å². The lowest BCUT2D eigenvalue weighted by Gasteiger charge is -2.35. The van der Waals surface area contributed by atoms with Gasteiger partial charge in [0.1, 0.15) is 5.75 Å². The van der Waals surface area contributed by atoms with Gasteiger partial charge in [-0.15, -0.1) is 0 Å². The molecule has 27 heavy (non-hydrogen) atoms. The first-order chi connectivity index (χ1) is 13.2. The minimum atomic E-state index is -0.124. The van der Waals surface area contributed by atoms with Crippen LogP contribution in [0.25, 0.3) is 0 Å². The van der Waals surface area contributed by atoms with E-state index in [1.807, 2.05) is 37.3 Å². The molecule has 1 aromatic rings. The number of quaternary nitrogens is 1. The molecular formula is C21H28N3O3+. The van der Waals surface area contributed by atoms with Crippen LogP contribution in [0.4, 0.5) is 5.69 Å². The number of nitrogens with one attached hydrogen (secondary N) is 1. The van der Waals surface area contributed by atoms with Crippen LogP contribution in [0.3, 0.4) is 0 Å². The first-order valence-electron chi connectivity index (χ1n) is 9.99. The lowest BCUT2D eigenvalue weighted by Crippen LogP contribution is -3.16. The summed E-state index contributed by atoms with van der Waals surface area (Å²) >= 11 is 0.